The third-order valence-electron chi connectivity index (χ3n) is 5.91. The smallest absolute Gasteiger partial charge is 0.441 e. The van der Waals surface area contributed by atoms with Gasteiger partial charge in [-0.25, -0.2) is 4.79 Å². The maximum absolute atomic E-state index is 11.4. The lowest BCUT2D eigenvalue weighted by atomic mass is 10.0. The van der Waals surface area contributed by atoms with E-state index >= 15 is 0 Å². The summed E-state index contributed by atoms with van der Waals surface area (Å²) < 4.78 is 6.23. The number of hydrogen-bond acceptors (Lipinski definition) is 8. The molecule has 0 fully saturated rings. The number of unbranched alkanes of at least 4 members (excludes halogenated alkanes) is 1. The van der Waals surface area contributed by atoms with Crippen molar-refractivity contribution >= 4 is 36.6 Å². The summed E-state index contributed by atoms with van der Waals surface area (Å²) in [5.74, 6) is 0.197. The van der Waals surface area contributed by atoms with Crippen LogP contribution in [0.1, 0.15) is 88.9 Å². The number of aryl methyl sites for hydroxylation is 1. The van der Waals surface area contributed by atoms with Gasteiger partial charge in [0, 0.05) is 25.5 Å². The van der Waals surface area contributed by atoms with Gasteiger partial charge in [0.25, 0.3) is 0 Å². The van der Waals surface area contributed by atoms with Gasteiger partial charge in [0.2, 0.25) is 0 Å². The Kier molecular flexibility index (Phi) is 16.1. The van der Waals surface area contributed by atoms with E-state index in [0.717, 1.165) is 75.9 Å². The Morgan fingerprint density at radius 2 is 1.82 bits per heavy atom. The number of carbonyl (C=O) groups is 1. The zero-order valence-corrected chi connectivity index (χ0v) is 20.7. The number of aliphatic hydroxyl groups excluding tert-OH is 1. The van der Waals surface area contributed by atoms with E-state index in [-0.39, 0.29) is 43.2 Å². The first-order valence-electron chi connectivity index (χ1n) is 11.4. The van der Waals surface area contributed by atoms with E-state index in [9.17, 15) is 9.59 Å². The molecule has 0 amide bonds. The lowest BCUT2D eigenvalue weighted by molar-refractivity contribution is -0.138. The fourth-order valence-corrected chi connectivity index (χ4v) is 4.15. The van der Waals surface area contributed by atoms with Crippen LogP contribution in [0, 0.1) is 0 Å². The van der Waals surface area contributed by atoms with Gasteiger partial charge in [0.1, 0.15) is 6.04 Å². The first kappa shape index (κ1) is 31.4. The summed E-state index contributed by atoms with van der Waals surface area (Å²) in [6, 6.07) is -0.326. The molecule has 2 aliphatic heterocycles. The van der Waals surface area contributed by atoms with Gasteiger partial charge >= 0.3 is 11.7 Å². The van der Waals surface area contributed by atoms with Gasteiger partial charge in [0.15, 0.2) is 5.82 Å². The van der Waals surface area contributed by atoms with Crippen molar-refractivity contribution in [2.24, 2.45) is 16.5 Å². The number of aliphatic carboxylic acids is 1. The predicted octanol–water partition coefficient (Wildman–Crippen LogP) is 2.59. The van der Waals surface area contributed by atoms with Gasteiger partial charge in [-0.3, -0.25) is 18.9 Å². The third-order valence-corrected chi connectivity index (χ3v) is 5.91. The number of hydrogen-bond donors (Lipinski definition) is 4. The standard InChI is InChI=1S/C12H23N3O2.C9H14N2O3.2ClH/c13-10(12(16)17)7-3-1-5-9-6-2-4-8-11(14)15-9;12-6-5-7-3-1-2-4-8-10-14-9(13)11(7)8;;/h9-10H,1-8,13H2,(H2,14,15)(H,16,17);7,12H,1-6H2;2*1H/t9-,10+;7-;;/m01../s1. The highest BCUT2D eigenvalue weighted by atomic mass is 35.5. The predicted molar refractivity (Wildman–Crippen MR) is 132 cm³/mol. The van der Waals surface area contributed by atoms with Gasteiger partial charge in [-0.2, -0.15) is 0 Å². The molecule has 192 valence electrons. The second-order valence-corrected chi connectivity index (χ2v) is 8.40. The molecule has 0 aromatic carbocycles. The van der Waals surface area contributed by atoms with Gasteiger partial charge in [0.05, 0.1) is 11.9 Å². The van der Waals surface area contributed by atoms with E-state index in [1.807, 2.05) is 0 Å². The molecule has 0 aliphatic carbocycles. The number of nitrogens with two attached hydrogens (primary N) is 2. The van der Waals surface area contributed by atoms with Gasteiger partial charge in [-0.05, 0) is 44.9 Å². The maximum atomic E-state index is 11.4. The zero-order chi connectivity index (χ0) is 22.6. The lowest BCUT2D eigenvalue weighted by Crippen LogP contribution is -2.29. The largest absolute Gasteiger partial charge is 0.480 e. The number of aliphatic imine (C=N–C) groups is 1. The highest BCUT2D eigenvalue weighted by molar-refractivity contribution is 5.85. The van der Waals surface area contributed by atoms with E-state index in [1.54, 1.807) is 4.57 Å². The first-order chi connectivity index (χ1) is 14.9. The third kappa shape index (κ3) is 10.9. The minimum atomic E-state index is -0.915. The van der Waals surface area contributed by atoms with Crippen molar-refractivity contribution in [1.29, 1.82) is 0 Å². The summed E-state index contributed by atoms with van der Waals surface area (Å²) in [6.45, 7) is 0.0989. The molecule has 0 radical (unpaired) electrons. The topological polar surface area (TPSA) is 170 Å². The summed E-state index contributed by atoms with van der Waals surface area (Å²) >= 11 is 0. The van der Waals surface area contributed by atoms with Crippen LogP contribution in [0.25, 0.3) is 0 Å². The fourth-order valence-electron chi connectivity index (χ4n) is 4.15. The minimum absolute atomic E-state index is 0. The van der Waals surface area contributed by atoms with E-state index in [1.165, 1.54) is 6.42 Å². The number of carboxylic acids is 1. The molecule has 1 aromatic heterocycles. The molecule has 0 unspecified atom stereocenters. The molecule has 3 rings (SSSR count). The van der Waals surface area contributed by atoms with E-state index in [4.69, 9.17) is 21.7 Å². The summed E-state index contributed by atoms with van der Waals surface area (Å²) in [6.07, 6.45) is 12.1. The van der Waals surface area contributed by atoms with Crippen LogP contribution >= 0.6 is 24.8 Å². The van der Waals surface area contributed by atoms with E-state index in [0.29, 0.717) is 18.9 Å². The van der Waals surface area contributed by atoms with Crippen molar-refractivity contribution in [3.05, 3.63) is 16.4 Å². The molecule has 1 aromatic rings. The molecule has 2 aliphatic rings. The number of aromatic nitrogens is 2. The average Bonchev–Trinajstić information content (AvgIpc) is 2.88. The van der Waals surface area contributed by atoms with Crippen LogP contribution in [0.5, 0.6) is 0 Å². The number of aliphatic hydroxyl groups is 1. The summed E-state index contributed by atoms with van der Waals surface area (Å²) in [5, 5.41) is 21.3. The highest BCUT2D eigenvalue weighted by Crippen LogP contribution is 2.23. The highest BCUT2D eigenvalue weighted by Gasteiger charge is 2.22. The van der Waals surface area contributed by atoms with Crippen LogP contribution in [-0.2, 0) is 11.2 Å². The number of fused-ring (bicyclic) bond motifs is 1. The van der Waals surface area contributed by atoms with Gasteiger partial charge in [-0.1, -0.05) is 30.8 Å². The number of amidine groups is 1. The zero-order valence-electron chi connectivity index (χ0n) is 19.1. The Morgan fingerprint density at radius 3 is 2.52 bits per heavy atom. The monoisotopic (exact) mass is 511 g/mol. The Hall–Kier alpha value is -1.62. The molecule has 10 nitrogen and oxygen atoms in total. The molecular formula is C21H39Cl2N5O5. The molecule has 33 heavy (non-hydrogen) atoms. The lowest BCUT2D eigenvalue weighted by Gasteiger charge is -2.13. The van der Waals surface area contributed by atoms with Crippen molar-refractivity contribution in [1.82, 2.24) is 9.72 Å². The average molecular weight is 512 g/mol. The van der Waals surface area contributed by atoms with Crippen LogP contribution in [0.15, 0.2) is 14.3 Å². The molecule has 0 bridgehead atoms. The van der Waals surface area contributed by atoms with Crippen LogP contribution in [0.3, 0.4) is 0 Å². The fraction of sp³-hybridized carbons (Fsp3) is 0.810. The van der Waals surface area contributed by atoms with Crippen LogP contribution < -0.4 is 17.2 Å². The minimum Gasteiger partial charge on any atom is -0.480 e. The van der Waals surface area contributed by atoms with Crippen molar-refractivity contribution < 1.29 is 19.5 Å². The van der Waals surface area contributed by atoms with Gasteiger partial charge < -0.3 is 21.7 Å². The SMILES string of the molecule is Cl.Cl.NC1=N[C@@H](CCCC[C@@H](N)C(=O)O)CCCC1.O=c1onc2n1[C@@H](CCO)CCCC2. The second-order valence-electron chi connectivity index (χ2n) is 8.40. The number of carboxylic acid groups (broad SMARTS) is 1. The Balaban J connectivity index is 0.000000593. The van der Waals surface area contributed by atoms with Crippen LogP contribution in [0.2, 0.25) is 0 Å². The summed E-state index contributed by atoms with van der Waals surface area (Å²) in [7, 11) is 0. The van der Waals surface area contributed by atoms with Gasteiger partial charge in [-0.15, -0.1) is 24.8 Å². The Labute approximate surface area is 207 Å². The van der Waals surface area contributed by atoms with Crippen molar-refractivity contribution in [3.63, 3.8) is 0 Å². The normalized spacial score (nSPS) is 20.8. The molecule has 0 saturated carbocycles. The first-order valence-corrected chi connectivity index (χ1v) is 11.4. The Morgan fingerprint density at radius 1 is 1.12 bits per heavy atom. The summed E-state index contributed by atoms with van der Waals surface area (Å²) in [4.78, 5) is 26.3. The van der Waals surface area contributed by atoms with Crippen LogP contribution in [-0.4, -0.2) is 50.4 Å². The molecule has 12 heteroatoms. The number of nitrogens with zero attached hydrogens (tertiary/aromatic N) is 3. The van der Waals surface area contributed by atoms with Crippen LogP contribution in [0.4, 0.5) is 0 Å². The van der Waals surface area contributed by atoms with Crippen molar-refractivity contribution in [2.45, 2.75) is 102 Å². The molecule has 0 spiro atoms. The molecule has 0 saturated heterocycles. The number of rotatable bonds is 8. The maximum Gasteiger partial charge on any atom is 0.441 e. The van der Waals surface area contributed by atoms with E-state index < -0.39 is 12.0 Å². The van der Waals surface area contributed by atoms with Crippen molar-refractivity contribution in [2.75, 3.05) is 6.61 Å². The molecular weight excluding hydrogens is 473 g/mol. The second kappa shape index (κ2) is 16.9. The van der Waals surface area contributed by atoms with E-state index in [2.05, 4.69) is 14.7 Å². The Bertz CT molecular complexity index is 770. The molecule has 6 N–H and O–H groups in total. The van der Waals surface area contributed by atoms with Crippen molar-refractivity contribution in [3.8, 4) is 0 Å². The summed E-state index contributed by atoms with van der Waals surface area (Å²) in [5.41, 5.74) is 11.2. The quantitative estimate of drug-likeness (QED) is 0.385. The molecule has 3 heterocycles. The number of halogens is 2. The molecule has 3 atom stereocenters.